The van der Waals surface area contributed by atoms with Gasteiger partial charge in [-0.25, -0.2) is 13.8 Å². The van der Waals surface area contributed by atoms with E-state index in [1.165, 1.54) is 22.9 Å². The number of rotatable bonds is 9. The molecule has 3 aromatic carbocycles. The van der Waals surface area contributed by atoms with Gasteiger partial charge in [-0.05, 0) is 75.4 Å². The first-order valence-corrected chi connectivity index (χ1v) is 14.8. The molecule has 0 aliphatic carbocycles. The molecule has 0 bridgehead atoms. The third kappa shape index (κ3) is 6.51. The van der Waals surface area contributed by atoms with E-state index < -0.39 is 28.6 Å². The minimum Gasteiger partial charge on any atom is -0.486 e. The maximum atomic E-state index is 13.5. The number of hydrogen-bond donors (Lipinski definition) is 2. The largest absolute Gasteiger partial charge is 0.486 e. The Hall–Kier alpha value is -5.69. The predicted molar refractivity (Wildman–Crippen MR) is 171 cm³/mol. The molecule has 0 saturated heterocycles. The topological polar surface area (TPSA) is 143 Å². The molecule has 242 valence electrons. The Morgan fingerprint density at radius 3 is 2.40 bits per heavy atom. The number of carbonyl (C=O) groups is 1. The van der Waals surface area contributed by atoms with E-state index in [1.807, 2.05) is 0 Å². The Kier molecular flexibility index (Phi) is 8.39. The SMILES string of the molecule is CCn1cc(C(=O)Nc2ccc(Oc3ccnc4cc(OCC(C)(C)O)c5c(c34)OCCO5)cc2)c(=O)n(-c2ccc(F)cc2)c1=O. The molecule has 3 heterocycles. The molecule has 2 N–H and O–H groups in total. The van der Waals surface area contributed by atoms with Crippen molar-refractivity contribution in [1.29, 1.82) is 0 Å². The van der Waals surface area contributed by atoms with Crippen molar-refractivity contribution < 1.29 is 33.2 Å². The second-order valence-electron chi connectivity index (χ2n) is 11.3. The number of pyridine rings is 1. The van der Waals surface area contributed by atoms with Crippen LogP contribution in [0.15, 0.2) is 82.6 Å². The van der Waals surface area contributed by atoms with Gasteiger partial charge in [0.15, 0.2) is 11.5 Å². The van der Waals surface area contributed by atoms with Crippen molar-refractivity contribution in [3.63, 3.8) is 0 Å². The number of aromatic nitrogens is 3. The fraction of sp³-hybridized carbons (Fsp3) is 0.235. The monoisotopic (exact) mass is 642 g/mol. The van der Waals surface area contributed by atoms with Crippen LogP contribution in [0.4, 0.5) is 10.1 Å². The number of aliphatic hydroxyl groups is 1. The van der Waals surface area contributed by atoms with Gasteiger partial charge >= 0.3 is 5.69 Å². The van der Waals surface area contributed by atoms with Crippen molar-refractivity contribution in [1.82, 2.24) is 14.1 Å². The highest BCUT2D eigenvalue weighted by Crippen LogP contribution is 2.48. The van der Waals surface area contributed by atoms with E-state index >= 15 is 0 Å². The maximum Gasteiger partial charge on any atom is 0.335 e. The number of anilines is 1. The van der Waals surface area contributed by atoms with Gasteiger partial charge in [-0.1, -0.05) is 0 Å². The highest BCUT2D eigenvalue weighted by atomic mass is 19.1. The fourth-order valence-electron chi connectivity index (χ4n) is 4.95. The average molecular weight is 643 g/mol. The van der Waals surface area contributed by atoms with Crippen LogP contribution >= 0.6 is 0 Å². The molecule has 0 fully saturated rings. The quantitative estimate of drug-likeness (QED) is 0.234. The zero-order valence-electron chi connectivity index (χ0n) is 25.8. The first kappa shape index (κ1) is 31.3. The second-order valence-corrected chi connectivity index (χ2v) is 11.3. The highest BCUT2D eigenvalue weighted by Gasteiger charge is 2.26. The molecule has 13 heteroatoms. The standard InChI is InChI=1S/C34H31FN4O8/c1-4-38-18-24(32(41)39(33(38)42)22-9-5-20(35)6-10-22)31(40)37-21-7-11-23(12-8-21)47-26-13-14-36-25-17-27(46-19-34(2,3)43)29-30(28(25)26)45-16-15-44-29/h5-14,17-18,43H,4,15-16,19H2,1-3H3,(H,37,40). The fourth-order valence-corrected chi connectivity index (χ4v) is 4.95. The molecule has 0 spiro atoms. The summed E-state index contributed by atoms with van der Waals surface area (Å²) >= 11 is 0. The van der Waals surface area contributed by atoms with Crippen LogP contribution in [0.2, 0.25) is 0 Å². The summed E-state index contributed by atoms with van der Waals surface area (Å²) in [5, 5.41) is 13.4. The predicted octanol–water partition coefficient (Wildman–Crippen LogP) is 4.67. The molecule has 12 nitrogen and oxygen atoms in total. The van der Waals surface area contributed by atoms with E-state index in [-0.39, 0.29) is 24.4 Å². The first-order chi connectivity index (χ1) is 22.5. The lowest BCUT2D eigenvalue weighted by molar-refractivity contribution is 0.0265. The number of aryl methyl sites for hydroxylation is 1. The number of nitrogens with zero attached hydrogens (tertiary/aromatic N) is 3. The van der Waals surface area contributed by atoms with Crippen LogP contribution in [-0.2, 0) is 6.54 Å². The van der Waals surface area contributed by atoms with Crippen molar-refractivity contribution in [2.45, 2.75) is 32.9 Å². The summed E-state index contributed by atoms with van der Waals surface area (Å²) < 4.78 is 39.5. The summed E-state index contributed by atoms with van der Waals surface area (Å²) in [7, 11) is 0. The zero-order chi connectivity index (χ0) is 33.3. The van der Waals surface area contributed by atoms with Gasteiger partial charge in [-0.15, -0.1) is 0 Å². The molecule has 2 aromatic heterocycles. The number of fused-ring (bicyclic) bond motifs is 3. The van der Waals surface area contributed by atoms with Gasteiger partial charge < -0.3 is 29.4 Å². The highest BCUT2D eigenvalue weighted by molar-refractivity contribution is 6.04. The van der Waals surface area contributed by atoms with E-state index in [1.54, 1.807) is 63.4 Å². The number of ether oxygens (including phenoxy) is 4. The first-order valence-electron chi connectivity index (χ1n) is 14.8. The Bertz CT molecular complexity index is 2080. The van der Waals surface area contributed by atoms with Crippen LogP contribution in [0.1, 0.15) is 31.1 Å². The van der Waals surface area contributed by atoms with Gasteiger partial charge in [0.25, 0.3) is 11.5 Å². The van der Waals surface area contributed by atoms with Gasteiger partial charge in [0.2, 0.25) is 5.75 Å². The summed E-state index contributed by atoms with van der Waals surface area (Å²) in [6.07, 6.45) is 2.79. The summed E-state index contributed by atoms with van der Waals surface area (Å²) in [6, 6.07) is 14.7. The third-order valence-corrected chi connectivity index (χ3v) is 7.19. The molecule has 47 heavy (non-hydrogen) atoms. The summed E-state index contributed by atoms with van der Waals surface area (Å²) in [5.74, 6) is 0.793. The Labute approximate surface area is 267 Å². The van der Waals surface area contributed by atoms with Crippen molar-refractivity contribution in [3.8, 4) is 34.4 Å². The van der Waals surface area contributed by atoms with E-state index in [0.717, 1.165) is 16.7 Å². The summed E-state index contributed by atoms with van der Waals surface area (Å²) in [5.41, 5.74) is -1.79. The normalized spacial score (nSPS) is 12.5. The van der Waals surface area contributed by atoms with E-state index in [4.69, 9.17) is 18.9 Å². The maximum absolute atomic E-state index is 13.5. The molecule has 1 aliphatic heterocycles. The number of hydrogen-bond acceptors (Lipinski definition) is 9. The lowest BCUT2D eigenvalue weighted by Gasteiger charge is -2.25. The van der Waals surface area contributed by atoms with Crippen LogP contribution in [0.3, 0.4) is 0 Å². The lowest BCUT2D eigenvalue weighted by Crippen LogP contribution is -2.42. The van der Waals surface area contributed by atoms with Crippen molar-refractivity contribution in [2.24, 2.45) is 0 Å². The molecule has 0 unspecified atom stereocenters. The number of carbonyl (C=O) groups excluding carboxylic acids is 1. The number of benzene rings is 3. The Balaban J connectivity index is 1.26. The van der Waals surface area contributed by atoms with Gasteiger partial charge in [0.05, 0.1) is 22.2 Å². The molecular weight excluding hydrogens is 611 g/mol. The molecule has 6 rings (SSSR count). The zero-order valence-corrected chi connectivity index (χ0v) is 25.8. The van der Waals surface area contributed by atoms with Crippen LogP contribution in [0, 0.1) is 5.82 Å². The van der Waals surface area contributed by atoms with E-state index in [9.17, 15) is 23.9 Å². The third-order valence-electron chi connectivity index (χ3n) is 7.19. The minimum atomic E-state index is -1.07. The molecule has 0 atom stereocenters. The number of halogens is 1. The lowest BCUT2D eigenvalue weighted by atomic mass is 10.1. The van der Waals surface area contributed by atoms with E-state index in [0.29, 0.717) is 58.6 Å². The number of nitrogens with one attached hydrogen (secondary N) is 1. The van der Waals surface area contributed by atoms with Gasteiger partial charge in [0, 0.05) is 30.7 Å². The van der Waals surface area contributed by atoms with Gasteiger partial charge in [0.1, 0.15) is 42.7 Å². The van der Waals surface area contributed by atoms with Crippen LogP contribution in [0.5, 0.6) is 28.7 Å². The van der Waals surface area contributed by atoms with Crippen molar-refractivity contribution >= 4 is 22.5 Å². The van der Waals surface area contributed by atoms with E-state index in [2.05, 4.69) is 10.3 Å². The van der Waals surface area contributed by atoms with Crippen molar-refractivity contribution in [2.75, 3.05) is 25.1 Å². The van der Waals surface area contributed by atoms with Gasteiger partial charge in [-0.2, -0.15) is 0 Å². The minimum absolute atomic E-state index is 0.0281. The second kappa shape index (κ2) is 12.6. The Morgan fingerprint density at radius 1 is 1.02 bits per heavy atom. The molecule has 0 saturated carbocycles. The molecular formula is C34H31FN4O8. The van der Waals surface area contributed by atoms with Crippen LogP contribution in [-0.4, -0.2) is 50.6 Å². The molecule has 0 radical (unpaired) electrons. The molecule has 1 amide bonds. The number of amides is 1. The smallest absolute Gasteiger partial charge is 0.335 e. The molecule has 5 aromatic rings. The summed E-state index contributed by atoms with van der Waals surface area (Å²) in [4.78, 5) is 43.9. The molecule has 1 aliphatic rings. The average Bonchev–Trinajstić information content (AvgIpc) is 3.05. The van der Waals surface area contributed by atoms with Gasteiger partial charge in [-0.3, -0.25) is 19.1 Å². The van der Waals surface area contributed by atoms with Crippen LogP contribution < -0.4 is 35.5 Å². The van der Waals surface area contributed by atoms with Crippen LogP contribution in [0.25, 0.3) is 16.6 Å². The Morgan fingerprint density at radius 2 is 1.72 bits per heavy atom. The summed E-state index contributed by atoms with van der Waals surface area (Å²) in [6.45, 7) is 5.83. The van der Waals surface area contributed by atoms with Crippen molar-refractivity contribution in [3.05, 3.63) is 105 Å².